The summed E-state index contributed by atoms with van der Waals surface area (Å²) in [6.45, 7) is 2.04. The molecule has 7 heteroatoms. The predicted octanol–water partition coefficient (Wildman–Crippen LogP) is 5.94. The Balaban J connectivity index is 2.03. The summed E-state index contributed by atoms with van der Waals surface area (Å²) in [7, 11) is 0. The zero-order chi connectivity index (χ0) is 17.3. The molecule has 24 heavy (non-hydrogen) atoms. The quantitative estimate of drug-likeness (QED) is 0.566. The summed E-state index contributed by atoms with van der Waals surface area (Å²) in [6, 6.07) is 9.74. The zero-order valence-corrected chi connectivity index (χ0v) is 14.9. The minimum absolute atomic E-state index is 0.0551. The lowest BCUT2D eigenvalue weighted by Gasteiger charge is -2.05. The number of fused-ring (bicyclic) bond motifs is 1. The van der Waals surface area contributed by atoms with Gasteiger partial charge in [0, 0.05) is 25.7 Å². The fourth-order valence-corrected chi connectivity index (χ4v) is 3.80. The Hall–Kier alpha value is -1.69. The Morgan fingerprint density at radius 1 is 1.25 bits per heavy atom. The Morgan fingerprint density at radius 3 is 2.75 bits per heavy atom. The smallest absolute Gasteiger partial charge is 0.354 e. The lowest BCUT2D eigenvalue weighted by molar-refractivity contribution is 0.0520. The summed E-state index contributed by atoms with van der Waals surface area (Å²) in [6.07, 6.45) is 0. The van der Waals surface area contributed by atoms with Crippen molar-refractivity contribution < 1.29 is 13.9 Å². The Kier molecular flexibility index (Phi) is 5.04. The molecule has 0 amide bonds. The summed E-state index contributed by atoms with van der Waals surface area (Å²) in [5, 5.41) is 1.41. The SMILES string of the molecule is CCOC(=O)c1cc2c(Sc3ccc(F)c(Cl)c3)cc(Cl)cc2[nH]1. The first-order valence-corrected chi connectivity index (χ1v) is 8.67. The van der Waals surface area contributed by atoms with Crippen LogP contribution >= 0.6 is 35.0 Å². The summed E-state index contributed by atoms with van der Waals surface area (Å²) in [5.41, 5.74) is 1.08. The molecule has 2 aromatic carbocycles. The highest BCUT2D eigenvalue weighted by molar-refractivity contribution is 7.99. The number of hydrogen-bond donors (Lipinski definition) is 1. The number of rotatable bonds is 4. The highest BCUT2D eigenvalue weighted by Crippen LogP contribution is 2.37. The first-order valence-electron chi connectivity index (χ1n) is 7.10. The number of carbonyl (C=O) groups excluding carboxylic acids is 1. The van der Waals surface area contributed by atoms with Crippen molar-refractivity contribution >= 4 is 51.8 Å². The number of hydrogen-bond acceptors (Lipinski definition) is 3. The van der Waals surface area contributed by atoms with Gasteiger partial charge in [-0.15, -0.1) is 0 Å². The summed E-state index contributed by atoms with van der Waals surface area (Å²) < 4.78 is 18.3. The van der Waals surface area contributed by atoms with Gasteiger partial charge in [-0.25, -0.2) is 9.18 Å². The normalized spacial score (nSPS) is 11.0. The monoisotopic (exact) mass is 383 g/mol. The van der Waals surface area contributed by atoms with Crippen LogP contribution in [0.3, 0.4) is 0 Å². The largest absolute Gasteiger partial charge is 0.461 e. The summed E-state index contributed by atoms with van der Waals surface area (Å²) >= 11 is 13.4. The number of carbonyl (C=O) groups is 1. The number of aromatic nitrogens is 1. The van der Waals surface area contributed by atoms with Gasteiger partial charge in [0.2, 0.25) is 0 Å². The van der Waals surface area contributed by atoms with Crippen molar-refractivity contribution in [2.24, 2.45) is 0 Å². The number of nitrogens with one attached hydrogen (secondary N) is 1. The van der Waals surface area contributed by atoms with Crippen molar-refractivity contribution in [2.45, 2.75) is 16.7 Å². The van der Waals surface area contributed by atoms with Crippen molar-refractivity contribution in [1.29, 1.82) is 0 Å². The van der Waals surface area contributed by atoms with Gasteiger partial charge in [-0.2, -0.15) is 0 Å². The van der Waals surface area contributed by atoms with Crippen LogP contribution in [0.1, 0.15) is 17.4 Å². The van der Waals surface area contributed by atoms with Crippen molar-refractivity contribution in [2.75, 3.05) is 6.61 Å². The zero-order valence-electron chi connectivity index (χ0n) is 12.5. The van der Waals surface area contributed by atoms with E-state index in [0.717, 1.165) is 20.7 Å². The minimum atomic E-state index is -0.469. The van der Waals surface area contributed by atoms with Gasteiger partial charge < -0.3 is 9.72 Å². The molecule has 0 aliphatic heterocycles. The molecule has 0 radical (unpaired) electrons. The molecule has 0 aliphatic rings. The van der Waals surface area contributed by atoms with E-state index in [0.29, 0.717) is 17.3 Å². The van der Waals surface area contributed by atoms with Crippen molar-refractivity contribution in [1.82, 2.24) is 4.98 Å². The lowest BCUT2D eigenvalue weighted by atomic mass is 10.2. The highest BCUT2D eigenvalue weighted by Gasteiger charge is 2.14. The maximum Gasteiger partial charge on any atom is 0.354 e. The number of ether oxygens (including phenoxy) is 1. The van der Waals surface area contributed by atoms with Gasteiger partial charge in [0.15, 0.2) is 0 Å². The lowest BCUT2D eigenvalue weighted by Crippen LogP contribution is -2.04. The van der Waals surface area contributed by atoms with Crippen LogP contribution in [-0.2, 0) is 4.74 Å². The summed E-state index contributed by atoms with van der Waals surface area (Å²) in [5.74, 6) is -0.894. The standard InChI is InChI=1S/C17H12Cl2FNO2S/c1-2-23-17(22)15-8-11-14(21-15)5-9(18)6-16(11)24-10-3-4-13(20)12(19)7-10/h3-8,21H,2H2,1H3. The van der Waals surface area contributed by atoms with Gasteiger partial charge in [0.1, 0.15) is 11.5 Å². The molecule has 0 atom stereocenters. The molecule has 0 saturated heterocycles. The van der Waals surface area contributed by atoms with E-state index < -0.39 is 11.8 Å². The third-order valence-corrected chi connectivity index (χ3v) is 4.83. The topological polar surface area (TPSA) is 42.1 Å². The van der Waals surface area contributed by atoms with E-state index in [-0.39, 0.29) is 5.02 Å². The molecule has 0 fully saturated rings. The molecule has 1 N–H and O–H groups in total. The van der Waals surface area contributed by atoms with E-state index in [1.807, 2.05) is 0 Å². The fraction of sp³-hybridized carbons (Fsp3) is 0.118. The van der Waals surface area contributed by atoms with Crippen LogP contribution in [0.5, 0.6) is 0 Å². The van der Waals surface area contributed by atoms with Gasteiger partial charge in [-0.05, 0) is 43.3 Å². The average molecular weight is 384 g/mol. The Labute approximate surface area is 152 Å². The fourth-order valence-electron chi connectivity index (χ4n) is 2.24. The van der Waals surface area contributed by atoms with Crippen molar-refractivity contribution in [3.05, 3.63) is 58.0 Å². The summed E-state index contributed by atoms with van der Waals surface area (Å²) in [4.78, 5) is 16.5. The van der Waals surface area contributed by atoms with Crippen LogP contribution in [-0.4, -0.2) is 17.6 Å². The van der Waals surface area contributed by atoms with Gasteiger partial charge in [-0.3, -0.25) is 0 Å². The second-order valence-corrected chi connectivity index (χ2v) is 6.91. The van der Waals surface area contributed by atoms with Crippen molar-refractivity contribution in [3.63, 3.8) is 0 Å². The minimum Gasteiger partial charge on any atom is -0.461 e. The average Bonchev–Trinajstić information content (AvgIpc) is 2.95. The van der Waals surface area contributed by atoms with Crippen molar-refractivity contribution in [3.8, 4) is 0 Å². The molecular weight excluding hydrogens is 372 g/mol. The van der Waals surface area contributed by atoms with E-state index >= 15 is 0 Å². The Morgan fingerprint density at radius 2 is 2.04 bits per heavy atom. The molecular formula is C17H12Cl2FNO2S. The molecule has 3 aromatic rings. The molecule has 0 spiro atoms. The molecule has 1 aromatic heterocycles. The third-order valence-electron chi connectivity index (χ3n) is 3.28. The molecule has 3 rings (SSSR count). The number of H-pyrrole nitrogens is 1. The van der Waals surface area contributed by atoms with Gasteiger partial charge in [0.05, 0.1) is 11.6 Å². The third kappa shape index (κ3) is 3.53. The predicted molar refractivity (Wildman–Crippen MR) is 94.8 cm³/mol. The van der Waals surface area contributed by atoms with Crippen LogP contribution in [0, 0.1) is 5.82 Å². The molecule has 3 nitrogen and oxygen atoms in total. The molecule has 0 unspecified atom stereocenters. The number of aromatic amines is 1. The van der Waals surface area contributed by atoms with E-state index in [4.69, 9.17) is 27.9 Å². The van der Waals surface area contributed by atoms with Crippen LogP contribution in [0.25, 0.3) is 10.9 Å². The van der Waals surface area contributed by atoms with Gasteiger partial charge >= 0.3 is 5.97 Å². The van der Waals surface area contributed by atoms with Crippen LogP contribution in [0.2, 0.25) is 10.0 Å². The second kappa shape index (κ2) is 7.05. The molecule has 0 aliphatic carbocycles. The highest BCUT2D eigenvalue weighted by atomic mass is 35.5. The van der Waals surface area contributed by atoms with E-state index in [1.165, 1.54) is 17.8 Å². The van der Waals surface area contributed by atoms with Crippen LogP contribution in [0.15, 0.2) is 46.2 Å². The Bertz CT molecular complexity index is 926. The van der Waals surface area contributed by atoms with E-state index in [9.17, 15) is 9.18 Å². The van der Waals surface area contributed by atoms with E-state index in [2.05, 4.69) is 4.98 Å². The van der Waals surface area contributed by atoms with Crippen LogP contribution in [0.4, 0.5) is 4.39 Å². The number of esters is 1. The molecule has 1 heterocycles. The maximum absolute atomic E-state index is 13.3. The first kappa shape index (κ1) is 17.1. The molecule has 124 valence electrons. The van der Waals surface area contributed by atoms with Gasteiger partial charge in [0.25, 0.3) is 0 Å². The van der Waals surface area contributed by atoms with Gasteiger partial charge in [-0.1, -0.05) is 35.0 Å². The molecule has 0 saturated carbocycles. The number of halogens is 3. The maximum atomic E-state index is 13.3. The first-order chi connectivity index (χ1) is 11.5. The second-order valence-electron chi connectivity index (χ2n) is 4.95. The van der Waals surface area contributed by atoms with Crippen LogP contribution < -0.4 is 0 Å². The molecule has 0 bridgehead atoms. The number of benzene rings is 2. The van der Waals surface area contributed by atoms with E-state index in [1.54, 1.807) is 37.3 Å².